The molecule has 8 nitrogen and oxygen atoms in total. The molecule has 6 rings (SSSR count). The van der Waals surface area contributed by atoms with E-state index in [0.717, 1.165) is 69.5 Å². The van der Waals surface area contributed by atoms with Gasteiger partial charge in [-0.3, -0.25) is 19.4 Å². The number of benzene rings is 1. The van der Waals surface area contributed by atoms with Gasteiger partial charge in [0.2, 0.25) is 11.8 Å². The average molecular weight is 603 g/mol. The molecule has 3 aliphatic heterocycles. The number of likely N-dealkylation sites (tertiary alicyclic amines) is 2. The molecule has 236 valence electrons. The quantitative estimate of drug-likeness (QED) is 0.258. The van der Waals surface area contributed by atoms with Gasteiger partial charge in [-0.1, -0.05) is 49.2 Å². The van der Waals surface area contributed by atoms with Crippen LogP contribution >= 0.6 is 0 Å². The van der Waals surface area contributed by atoms with Gasteiger partial charge in [0.15, 0.2) is 0 Å². The van der Waals surface area contributed by atoms with Crippen LogP contribution in [-0.2, 0) is 32.2 Å². The maximum absolute atomic E-state index is 14.1. The average Bonchev–Trinajstić information content (AvgIpc) is 3.74. The first-order valence-corrected chi connectivity index (χ1v) is 16.3. The van der Waals surface area contributed by atoms with Crippen molar-refractivity contribution in [1.29, 1.82) is 0 Å². The lowest BCUT2D eigenvalue weighted by molar-refractivity contribution is -0.144. The minimum absolute atomic E-state index is 0.00599. The van der Waals surface area contributed by atoms with E-state index in [-0.39, 0.29) is 48.3 Å². The topological polar surface area (TPSA) is 92.4 Å². The lowest BCUT2D eigenvalue weighted by Crippen LogP contribution is -2.47. The van der Waals surface area contributed by atoms with E-state index in [1.54, 1.807) is 18.1 Å². The van der Waals surface area contributed by atoms with E-state index in [1.807, 2.05) is 12.1 Å². The van der Waals surface area contributed by atoms with Crippen molar-refractivity contribution in [3.8, 4) is 0 Å². The molecule has 4 heterocycles. The maximum Gasteiger partial charge on any atom is 0.234 e. The van der Waals surface area contributed by atoms with Crippen molar-refractivity contribution < 1.29 is 28.6 Å². The van der Waals surface area contributed by atoms with Crippen LogP contribution in [-0.4, -0.2) is 72.3 Å². The molecule has 2 amide bonds. The minimum Gasteiger partial charge on any atom is -0.459 e. The van der Waals surface area contributed by atoms with Crippen LogP contribution in [0, 0.1) is 17.8 Å². The summed E-state index contributed by atoms with van der Waals surface area (Å²) in [5.74, 6) is 0.600. The van der Waals surface area contributed by atoms with Crippen LogP contribution < -0.4 is 0 Å². The number of methoxy groups -OCH3 is 1. The second kappa shape index (κ2) is 13.9. The number of hydrogen-bond donors (Lipinski definition) is 1. The Bertz CT molecular complexity index is 1370. The molecule has 8 heteroatoms. The maximum atomic E-state index is 14.1. The highest BCUT2D eigenvalue weighted by molar-refractivity contribution is 6.06. The Morgan fingerprint density at radius 1 is 1.05 bits per heavy atom. The van der Waals surface area contributed by atoms with Gasteiger partial charge in [0, 0.05) is 38.7 Å². The summed E-state index contributed by atoms with van der Waals surface area (Å²) in [4.78, 5) is 32.0. The number of carbonyl (C=O) groups is 2. The number of hydrogen-bond acceptors (Lipinski definition) is 7. The Kier molecular flexibility index (Phi) is 9.81. The summed E-state index contributed by atoms with van der Waals surface area (Å²) < 4.78 is 17.8. The normalized spacial score (nSPS) is 26.5. The number of imide groups is 1. The van der Waals surface area contributed by atoms with E-state index in [4.69, 9.17) is 13.9 Å². The monoisotopic (exact) mass is 602 g/mol. The Morgan fingerprint density at radius 2 is 1.84 bits per heavy atom. The SMILES string of the molecule is CCC/C(=C\c1ccc(CO)o1)CC[C@H]1OC[C@H]2C1=C(COC)C[C@H]1C(=O)N(C3CCN(Cc4ccccc4)CC3)C(=O)[C@H]12. The van der Waals surface area contributed by atoms with Crippen molar-refractivity contribution in [3.63, 3.8) is 0 Å². The van der Waals surface area contributed by atoms with Gasteiger partial charge in [-0.05, 0) is 73.4 Å². The molecular weight excluding hydrogens is 556 g/mol. The first-order chi connectivity index (χ1) is 21.5. The third-order valence-electron chi connectivity index (χ3n) is 10.0. The number of nitrogens with zero attached hydrogens (tertiary/aromatic N) is 2. The van der Waals surface area contributed by atoms with Crippen molar-refractivity contribution in [2.45, 2.75) is 77.2 Å². The van der Waals surface area contributed by atoms with Gasteiger partial charge in [0.05, 0.1) is 31.2 Å². The van der Waals surface area contributed by atoms with Gasteiger partial charge in [-0.25, -0.2) is 0 Å². The van der Waals surface area contributed by atoms with Gasteiger partial charge in [0.25, 0.3) is 0 Å². The van der Waals surface area contributed by atoms with Crippen molar-refractivity contribution in [1.82, 2.24) is 9.80 Å². The molecule has 4 aliphatic rings. The van der Waals surface area contributed by atoms with Gasteiger partial charge in [0.1, 0.15) is 18.1 Å². The van der Waals surface area contributed by atoms with Crippen LogP contribution in [0.15, 0.2) is 63.6 Å². The number of amides is 2. The Labute approximate surface area is 260 Å². The van der Waals surface area contributed by atoms with Crippen molar-refractivity contribution >= 4 is 17.9 Å². The molecule has 0 unspecified atom stereocenters. The molecule has 1 aromatic heterocycles. The van der Waals surface area contributed by atoms with E-state index in [9.17, 15) is 14.7 Å². The van der Waals surface area contributed by atoms with E-state index >= 15 is 0 Å². The highest BCUT2D eigenvalue weighted by atomic mass is 16.5. The van der Waals surface area contributed by atoms with Crippen LogP contribution in [0.2, 0.25) is 0 Å². The number of fused-ring (bicyclic) bond motifs is 3. The number of piperidine rings is 1. The molecule has 0 spiro atoms. The Balaban J connectivity index is 1.14. The summed E-state index contributed by atoms with van der Waals surface area (Å²) >= 11 is 0. The van der Waals surface area contributed by atoms with Crippen LogP contribution in [0.5, 0.6) is 0 Å². The zero-order chi connectivity index (χ0) is 30.6. The first-order valence-electron chi connectivity index (χ1n) is 16.3. The summed E-state index contributed by atoms with van der Waals surface area (Å²) in [7, 11) is 1.70. The molecule has 0 bridgehead atoms. The fourth-order valence-electron chi connectivity index (χ4n) is 8.01. The number of allylic oxidation sites excluding steroid dienone is 1. The number of aliphatic hydroxyl groups excluding tert-OH is 1. The van der Waals surface area contributed by atoms with Crippen LogP contribution in [0.4, 0.5) is 0 Å². The van der Waals surface area contributed by atoms with Crippen LogP contribution in [0.1, 0.15) is 69.0 Å². The molecule has 0 radical (unpaired) electrons. The first kappa shape index (κ1) is 31.0. The summed E-state index contributed by atoms with van der Waals surface area (Å²) in [6.07, 6.45) is 7.83. The second-order valence-electron chi connectivity index (χ2n) is 12.8. The van der Waals surface area contributed by atoms with E-state index < -0.39 is 0 Å². The van der Waals surface area contributed by atoms with Crippen molar-refractivity contribution in [3.05, 3.63) is 76.3 Å². The number of furan rings is 1. The molecule has 1 N–H and O–H groups in total. The summed E-state index contributed by atoms with van der Waals surface area (Å²) in [5, 5.41) is 9.37. The van der Waals surface area contributed by atoms with Crippen LogP contribution in [0.3, 0.4) is 0 Å². The number of ether oxygens (including phenoxy) is 2. The van der Waals surface area contributed by atoms with E-state index in [1.165, 1.54) is 16.7 Å². The van der Waals surface area contributed by atoms with Crippen molar-refractivity contribution in [2.75, 3.05) is 33.4 Å². The Hall–Kier alpha value is -3.04. The standard InChI is InChI=1S/C36H46N2O6/c1-3-7-24(18-28-11-12-29(21-39)44-28)10-13-32-33-26(22-42-2)19-30-34(31(33)23-43-32)36(41)38(35(30)40)27-14-16-37(17-15-27)20-25-8-5-4-6-9-25/h4-6,8-9,11-12,18,27,30-32,34,39H,3,7,10,13-17,19-23H2,1-2H3/b24-18+/t30-,31+,32-,34-/m1/s1. The predicted octanol–water partition coefficient (Wildman–Crippen LogP) is 5.36. The zero-order valence-electron chi connectivity index (χ0n) is 26.1. The fourth-order valence-corrected chi connectivity index (χ4v) is 8.01. The van der Waals surface area contributed by atoms with Crippen molar-refractivity contribution in [2.24, 2.45) is 17.8 Å². The second-order valence-corrected chi connectivity index (χ2v) is 12.8. The molecule has 1 aliphatic carbocycles. The summed E-state index contributed by atoms with van der Waals surface area (Å²) in [6.45, 7) is 5.65. The summed E-state index contributed by atoms with van der Waals surface area (Å²) in [6, 6.07) is 14.1. The highest BCUT2D eigenvalue weighted by Crippen LogP contribution is 2.50. The molecule has 2 aromatic rings. The van der Waals surface area contributed by atoms with Crippen LogP contribution in [0.25, 0.3) is 6.08 Å². The molecule has 0 saturated carbocycles. The molecule has 4 atom stereocenters. The third-order valence-corrected chi connectivity index (χ3v) is 10.0. The largest absolute Gasteiger partial charge is 0.459 e. The molecule has 3 saturated heterocycles. The molecule has 3 fully saturated rings. The highest BCUT2D eigenvalue weighted by Gasteiger charge is 2.58. The van der Waals surface area contributed by atoms with Gasteiger partial charge < -0.3 is 19.0 Å². The van der Waals surface area contributed by atoms with Gasteiger partial charge in [-0.15, -0.1) is 0 Å². The lowest BCUT2D eigenvalue weighted by Gasteiger charge is -2.36. The zero-order valence-corrected chi connectivity index (χ0v) is 26.1. The van der Waals surface area contributed by atoms with Gasteiger partial charge in [-0.2, -0.15) is 0 Å². The number of rotatable bonds is 12. The fraction of sp³-hybridized carbons (Fsp3) is 0.556. The van der Waals surface area contributed by atoms with Gasteiger partial charge >= 0.3 is 0 Å². The van der Waals surface area contributed by atoms with E-state index in [0.29, 0.717) is 25.4 Å². The molecular formula is C36H46N2O6. The lowest BCUT2D eigenvalue weighted by atomic mass is 9.69. The molecule has 1 aromatic carbocycles. The minimum atomic E-state index is -0.337. The third kappa shape index (κ3) is 6.36. The van der Waals surface area contributed by atoms with E-state index in [2.05, 4.69) is 42.2 Å². The predicted molar refractivity (Wildman–Crippen MR) is 167 cm³/mol. The smallest absolute Gasteiger partial charge is 0.234 e. The Morgan fingerprint density at radius 3 is 2.55 bits per heavy atom. The number of aliphatic hydroxyl groups is 1. The number of carbonyl (C=O) groups excluding carboxylic acids is 2. The summed E-state index contributed by atoms with van der Waals surface area (Å²) in [5.41, 5.74) is 4.91. The molecule has 44 heavy (non-hydrogen) atoms.